The predicted molar refractivity (Wildman–Crippen MR) is 57.5 cm³/mol. The lowest BCUT2D eigenvalue weighted by molar-refractivity contribution is 0.439. The van der Waals surface area contributed by atoms with E-state index in [4.69, 9.17) is 5.73 Å². The standard InChI is InChI=1S/C12H18FN/c1-4-9(3)12(14)10-6-5-8(2)7-11(10)13/h5-7,9,12H,4,14H2,1-3H3/t9?,12-/m1/s1. The van der Waals surface area contributed by atoms with Crippen LogP contribution >= 0.6 is 0 Å². The fraction of sp³-hybridized carbons (Fsp3) is 0.500. The van der Waals surface area contributed by atoms with Gasteiger partial charge in [-0.05, 0) is 24.5 Å². The van der Waals surface area contributed by atoms with Crippen molar-refractivity contribution in [3.05, 3.63) is 35.1 Å². The molecule has 78 valence electrons. The van der Waals surface area contributed by atoms with Gasteiger partial charge in [0.05, 0.1) is 0 Å². The first-order valence-corrected chi connectivity index (χ1v) is 5.08. The molecular formula is C12H18FN. The molecule has 0 aromatic heterocycles. The summed E-state index contributed by atoms with van der Waals surface area (Å²) in [5.41, 5.74) is 7.52. The Morgan fingerprint density at radius 2 is 2.07 bits per heavy atom. The first kappa shape index (κ1) is 11.2. The number of nitrogens with two attached hydrogens (primary N) is 1. The van der Waals surface area contributed by atoms with E-state index in [0.29, 0.717) is 11.5 Å². The van der Waals surface area contributed by atoms with Crippen molar-refractivity contribution in [3.8, 4) is 0 Å². The van der Waals surface area contributed by atoms with Crippen molar-refractivity contribution >= 4 is 0 Å². The van der Waals surface area contributed by atoms with Crippen molar-refractivity contribution in [1.29, 1.82) is 0 Å². The van der Waals surface area contributed by atoms with Crippen LogP contribution in [0.3, 0.4) is 0 Å². The summed E-state index contributed by atoms with van der Waals surface area (Å²) in [6.07, 6.45) is 0.967. The summed E-state index contributed by atoms with van der Waals surface area (Å²) < 4.78 is 13.5. The monoisotopic (exact) mass is 195 g/mol. The summed E-state index contributed by atoms with van der Waals surface area (Å²) >= 11 is 0. The molecule has 2 N–H and O–H groups in total. The van der Waals surface area contributed by atoms with Crippen LogP contribution in [0, 0.1) is 18.7 Å². The molecule has 0 saturated carbocycles. The molecule has 0 saturated heterocycles. The molecule has 0 bridgehead atoms. The number of aryl methyl sites for hydroxylation is 1. The highest BCUT2D eigenvalue weighted by Crippen LogP contribution is 2.24. The van der Waals surface area contributed by atoms with Gasteiger partial charge in [0.15, 0.2) is 0 Å². The van der Waals surface area contributed by atoms with Gasteiger partial charge in [-0.3, -0.25) is 0 Å². The molecule has 1 nitrogen and oxygen atoms in total. The number of hydrogen-bond acceptors (Lipinski definition) is 1. The minimum absolute atomic E-state index is 0.183. The van der Waals surface area contributed by atoms with Gasteiger partial charge in [-0.25, -0.2) is 4.39 Å². The molecule has 1 aromatic rings. The molecule has 0 spiro atoms. The van der Waals surface area contributed by atoms with Crippen LogP contribution in [0.2, 0.25) is 0 Å². The topological polar surface area (TPSA) is 26.0 Å². The van der Waals surface area contributed by atoms with E-state index in [1.807, 2.05) is 19.9 Å². The van der Waals surface area contributed by atoms with E-state index in [1.165, 1.54) is 6.07 Å². The highest BCUT2D eigenvalue weighted by atomic mass is 19.1. The van der Waals surface area contributed by atoms with Gasteiger partial charge in [-0.2, -0.15) is 0 Å². The molecule has 2 atom stereocenters. The van der Waals surface area contributed by atoms with Crippen LogP contribution in [0.5, 0.6) is 0 Å². The van der Waals surface area contributed by atoms with Crippen molar-refractivity contribution in [2.75, 3.05) is 0 Å². The van der Waals surface area contributed by atoms with E-state index in [9.17, 15) is 4.39 Å². The Bertz CT molecular complexity index is 309. The molecule has 0 aliphatic carbocycles. The average Bonchev–Trinajstić information content (AvgIpc) is 2.15. The lowest BCUT2D eigenvalue weighted by Gasteiger charge is -2.19. The molecule has 0 fully saturated rings. The quantitative estimate of drug-likeness (QED) is 0.787. The van der Waals surface area contributed by atoms with Crippen molar-refractivity contribution in [2.45, 2.75) is 33.2 Å². The maximum absolute atomic E-state index is 13.5. The maximum atomic E-state index is 13.5. The van der Waals surface area contributed by atoms with Gasteiger partial charge < -0.3 is 5.73 Å². The molecule has 0 aliphatic rings. The second-order valence-electron chi connectivity index (χ2n) is 3.94. The third-order valence-corrected chi connectivity index (χ3v) is 2.77. The summed E-state index contributed by atoms with van der Waals surface area (Å²) in [7, 11) is 0. The Hall–Kier alpha value is -0.890. The molecule has 1 rings (SSSR count). The molecule has 1 unspecified atom stereocenters. The number of hydrogen-bond donors (Lipinski definition) is 1. The fourth-order valence-corrected chi connectivity index (χ4v) is 1.46. The van der Waals surface area contributed by atoms with E-state index in [1.54, 1.807) is 6.07 Å². The second kappa shape index (κ2) is 4.56. The molecule has 1 aromatic carbocycles. The Morgan fingerprint density at radius 3 is 2.57 bits per heavy atom. The summed E-state index contributed by atoms with van der Waals surface area (Å²) in [6.45, 7) is 5.99. The average molecular weight is 195 g/mol. The van der Waals surface area contributed by atoms with Crippen molar-refractivity contribution in [2.24, 2.45) is 11.7 Å². The molecule has 0 radical (unpaired) electrons. The molecule has 0 amide bonds. The van der Waals surface area contributed by atoms with Crippen LogP contribution < -0.4 is 5.73 Å². The second-order valence-corrected chi connectivity index (χ2v) is 3.94. The van der Waals surface area contributed by atoms with E-state index in [-0.39, 0.29) is 11.9 Å². The molecule has 0 heterocycles. The minimum atomic E-state index is -0.194. The van der Waals surface area contributed by atoms with Gasteiger partial charge >= 0.3 is 0 Å². The van der Waals surface area contributed by atoms with Crippen LogP contribution in [-0.2, 0) is 0 Å². The molecule has 0 aliphatic heterocycles. The van der Waals surface area contributed by atoms with Gasteiger partial charge in [-0.1, -0.05) is 32.4 Å². The van der Waals surface area contributed by atoms with E-state index < -0.39 is 0 Å². The van der Waals surface area contributed by atoms with E-state index >= 15 is 0 Å². The first-order valence-electron chi connectivity index (χ1n) is 5.08. The van der Waals surface area contributed by atoms with Crippen molar-refractivity contribution in [1.82, 2.24) is 0 Å². The SMILES string of the molecule is CCC(C)[C@@H](N)c1ccc(C)cc1F. The lowest BCUT2D eigenvalue weighted by atomic mass is 9.92. The lowest BCUT2D eigenvalue weighted by Crippen LogP contribution is -2.19. The van der Waals surface area contributed by atoms with Gasteiger partial charge in [-0.15, -0.1) is 0 Å². The van der Waals surface area contributed by atoms with E-state index in [2.05, 4.69) is 6.92 Å². The summed E-state index contributed by atoms with van der Waals surface area (Å²) in [5, 5.41) is 0. The Kier molecular flexibility index (Phi) is 3.64. The van der Waals surface area contributed by atoms with E-state index in [0.717, 1.165) is 12.0 Å². The van der Waals surface area contributed by atoms with Gasteiger partial charge in [0, 0.05) is 11.6 Å². The third-order valence-electron chi connectivity index (χ3n) is 2.77. The Balaban J connectivity index is 2.95. The van der Waals surface area contributed by atoms with Gasteiger partial charge in [0.2, 0.25) is 0 Å². The van der Waals surface area contributed by atoms with Crippen LogP contribution in [0.1, 0.15) is 37.4 Å². The Labute approximate surface area is 85.1 Å². The van der Waals surface area contributed by atoms with Crippen molar-refractivity contribution < 1.29 is 4.39 Å². The minimum Gasteiger partial charge on any atom is -0.324 e. The summed E-state index contributed by atoms with van der Waals surface area (Å²) in [6, 6.07) is 5.04. The fourth-order valence-electron chi connectivity index (χ4n) is 1.46. The van der Waals surface area contributed by atoms with Crippen LogP contribution in [0.15, 0.2) is 18.2 Å². The maximum Gasteiger partial charge on any atom is 0.128 e. The number of halogens is 1. The molecular weight excluding hydrogens is 177 g/mol. The van der Waals surface area contributed by atoms with Crippen LogP contribution in [0.4, 0.5) is 4.39 Å². The molecule has 2 heteroatoms. The normalized spacial score (nSPS) is 15.2. The zero-order chi connectivity index (χ0) is 10.7. The highest BCUT2D eigenvalue weighted by molar-refractivity contribution is 5.26. The Morgan fingerprint density at radius 1 is 1.43 bits per heavy atom. The number of benzene rings is 1. The first-order chi connectivity index (χ1) is 6.56. The molecule has 14 heavy (non-hydrogen) atoms. The third kappa shape index (κ3) is 2.32. The smallest absolute Gasteiger partial charge is 0.128 e. The van der Waals surface area contributed by atoms with Crippen molar-refractivity contribution in [3.63, 3.8) is 0 Å². The zero-order valence-electron chi connectivity index (χ0n) is 9.05. The van der Waals surface area contributed by atoms with Crippen LogP contribution in [-0.4, -0.2) is 0 Å². The predicted octanol–water partition coefficient (Wildman–Crippen LogP) is 3.18. The van der Waals surface area contributed by atoms with Crippen LogP contribution in [0.25, 0.3) is 0 Å². The zero-order valence-corrected chi connectivity index (χ0v) is 9.05. The van der Waals surface area contributed by atoms with Gasteiger partial charge in [0.25, 0.3) is 0 Å². The summed E-state index contributed by atoms with van der Waals surface area (Å²) in [4.78, 5) is 0. The summed E-state index contributed by atoms with van der Waals surface area (Å²) in [5.74, 6) is 0.130. The number of rotatable bonds is 3. The highest BCUT2D eigenvalue weighted by Gasteiger charge is 2.16. The van der Waals surface area contributed by atoms with Gasteiger partial charge in [0.1, 0.15) is 5.82 Å². The largest absolute Gasteiger partial charge is 0.324 e.